The molecule has 96 valence electrons. The molecule has 19 heavy (non-hydrogen) atoms. The molecule has 0 atom stereocenters. The van der Waals surface area contributed by atoms with Gasteiger partial charge in [0, 0.05) is 13.0 Å². The summed E-state index contributed by atoms with van der Waals surface area (Å²) in [4.78, 5) is 6.90. The fourth-order valence-electron chi connectivity index (χ4n) is 2.33. The van der Waals surface area contributed by atoms with E-state index < -0.39 is 0 Å². The average Bonchev–Trinajstić information content (AvgIpc) is 3.01. The first-order valence-corrected chi connectivity index (χ1v) is 6.41. The van der Waals surface area contributed by atoms with Crippen LogP contribution in [-0.4, -0.2) is 24.7 Å². The zero-order valence-electron chi connectivity index (χ0n) is 10.5. The van der Waals surface area contributed by atoms with Crippen LogP contribution in [0.1, 0.15) is 36.6 Å². The number of allylic oxidation sites excluding steroid dienone is 1. The highest BCUT2D eigenvalue weighted by molar-refractivity contribution is 5.86. The number of aryl methyl sites for hydroxylation is 1. The van der Waals surface area contributed by atoms with Crippen LogP contribution in [0.25, 0.3) is 11.6 Å². The first-order chi connectivity index (χ1) is 9.38. The van der Waals surface area contributed by atoms with Gasteiger partial charge in [-0.1, -0.05) is 6.42 Å². The molecule has 0 saturated heterocycles. The number of hydrogen-bond donors (Lipinski definition) is 1. The summed E-state index contributed by atoms with van der Waals surface area (Å²) < 4.78 is 2.07. The quantitative estimate of drug-likeness (QED) is 0.828. The molecular formula is C13H14N6. The third-order valence-corrected chi connectivity index (χ3v) is 3.29. The summed E-state index contributed by atoms with van der Waals surface area (Å²) >= 11 is 0. The molecule has 0 saturated carbocycles. The third kappa shape index (κ3) is 2.27. The van der Waals surface area contributed by atoms with Gasteiger partial charge in [-0.2, -0.15) is 5.26 Å². The summed E-state index contributed by atoms with van der Waals surface area (Å²) in [5.41, 5.74) is 1.31. The number of nitrogens with zero attached hydrogens (tertiary/aromatic N) is 5. The highest BCUT2D eigenvalue weighted by Gasteiger charge is 2.17. The van der Waals surface area contributed by atoms with Gasteiger partial charge in [0.2, 0.25) is 0 Å². The van der Waals surface area contributed by atoms with Crippen molar-refractivity contribution in [2.24, 2.45) is 0 Å². The topological polar surface area (TPSA) is 83.2 Å². The second-order valence-electron chi connectivity index (χ2n) is 4.58. The summed E-state index contributed by atoms with van der Waals surface area (Å²) in [6.45, 7) is 0.889. The maximum atomic E-state index is 9.33. The Balaban J connectivity index is 2.01. The Labute approximate surface area is 110 Å². The van der Waals surface area contributed by atoms with Crippen molar-refractivity contribution < 1.29 is 0 Å². The van der Waals surface area contributed by atoms with E-state index in [0.717, 1.165) is 37.3 Å². The van der Waals surface area contributed by atoms with E-state index in [4.69, 9.17) is 0 Å². The molecule has 2 aromatic heterocycles. The highest BCUT2D eigenvalue weighted by Crippen LogP contribution is 2.20. The monoisotopic (exact) mass is 254 g/mol. The molecule has 0 amide bonds. The van der Waals surface area contributed by atoms with Gasteiger partial charge < -0.3 is 9.55 Å². The van der Waals surface area contributed by atoms with E-state index in [1.807, 2.05) is 0 Å². The summed E-state index contributed by atoms with van der Waals surface area (Å²) in [6, 6.07) is 2.20. The summed E-state index contributed by atoms with van der Waals surface area (Å²) in [7, 11) is 0. The summed E-state index contributed by atoms with van der Waals surface area (Å²) in [5.74, 6) is 1.65. The fraction of sp³-hybridized carbons (Fsp3) is 0.385. The van der Waals surface area contributed by atoms with Crippen LogP contribution in [0.4, 0.5) is 0 Å². The Bertz CT molecular complexity index is 629. The van der Waals surface area contributed by atoms with Crippen molar-refractivity contribution in [3.63, 3.8) is 0 Å². The lowest BCUT2D eigenvalue weighted by molar-refractivity contribution is 0.627. The Morgan fingerprint density at radius 1 is 1.37 bits per heavy atom. The molecule has 0 radical (unpaired) electrons. The molecular weight excluding hydrogens is 240 g/mol. The van der Waals surface area contributed by atoms with Crippen LogP contribution in [-0.2, 0) is 13.0 Å². The molecule has 6 nitrogen and oxygen atoms in total. The van der Waals surface area contributed by atoms with Crippen LogP contribution in [0, 0.1) is 11.3 Å². The molecule has 6 heteroatoms. The van der Waals surface area contributed by atoms with E-state index in [0.29, 0.717) is 11.4 Å². The van der Waals surface area contributed by atoms with E-state index in [9.17, 15) is 5.26 Å². The predicted octanol–water partition coefficient (Wildman–Crippen LogP) is 1.79. The largest absolute Gasteiger partial charge is 0.345 e. The minimum Gasteiger partial charge on any atom is -0.345 e. The first-order valence-electron chi connectivity index (χ1n) is 6.41. The molecule has 2 aromatic rings. The van der Waals surface area contributed by atoms with Crippen LogP contribution >= 0.6 is 0 Å². The van der Waals surface area contributed by atoms with Gasteiger partial charge in [0.05, 0.1) is 23.8 Å². The highest BCUT2D eigenvalue weighted by atomic mass is 15.3. The number of rotatable bonds is 2. The SMILES string of the molecule is N#C/C(=C\c1cnc[nH]1)c1nnc2n1CCCCC2. The Hall–Kier alpha value is -2.42. The number of aromatic amines is 1. The molecule has 0 aliphatic carbocycles. The van der Waals surface area contributed by atoms with E-state index in [2.05, 4.69) is 30.8 Å². The standard InChI is InChI=1S/C13H14N6/c14-7-10(6-11-8-15-9-16-11)13-18-17-12-4-2-1-3-5-19(12)13/h6,8-9H,1-5H2,(H,15,16)/b10-6+. The number of imidazole rings is 1. The maximum Gasteiger partial charge on any atom is 0.174 e. The van der Waals surface area contributed by atoms with Crippen molar-refractivity contribution in [1.82, 2.24) is 24.7 Å². The molecule has 1 N–H and O–H groups in total. The fourth-order valence-corrected chi connectivity index (χ4v) is 2.33. The first kappa shape index (κ1) is 11.7. The molecule has 1 aliphatic rings. The summed E-state index contributed by atoms with van der Waals surface area (Å²) in [5, 5.41) is 17.7. The molecule has 0 bridgehead atoms. The number of nitrogens with one attached hydrogen (secondary N) is 1. The minimum absolute atomic E-state index is 0.518. The lowest BCUT2D eigenvalue weighted by Crippen LogP contribution is -2.05. The number of H-pyrrole nitrogens is 1. The van der Waals surface area contributed by atoms with E-state index in [-0.39, 0.29) is 0 Å². The Morgan fingerprint density at radius 3 is 3.11 bits per heavy atom. The number of hydrogen-bond acceptors (Lipinski definition) is 4. The van der Waals surface area contributed by atoms with E-state index >= 15 is 0 Å². The van der Waals surface area contributed by atoms with Gasteiger partial charge in [-0.15, -0.1) is 10.2 Å². The van der Waals surface area contributed by atoms with Crippen molar-refractivity contribution in [3.8, 4) is 6.07 Å². The van der Waals surface area contributed by atoms with E-state index in [1.165, 1.54) is 6.42 Å². The molecule has 3 heterocycles. The van der Waals surface area contributed by atoms with Crippen LogP contribution in [0.3, 0.4) is 0 Å². The second kappa shape index (κ2) is 5.06. The van der Waals surface area contributed by atoms with Crippen LogP contribution in [0.5, 0.6) is 0 Å². The Kier molecular flexibility index (Phi) is 3.11. The summed E-state index contributed by atoms with van der Waals surface area (Å²) in [6.07, 6.45) is 9.42. The molecule has 0 aromatic carbocycles. The maximum absolute atomic E-state index is 9.33. The van der Waals surface area contributed by atoms with Gasteiger partial charge >= 0.3 is 0 Å². The van der Waals surface area contributed by atoms with Crippen LogP contribution in [0.15, 0.2) is 12.5 Å². The smallest absolute Gasteiger partial charge is 0.174 e. The molecule has 0 fully saturated rings. The molecule has 1 aliphatic heterocycles. The third-order valence-electron chi connectivity index (χ3n) is 3.29. The predicted molar refractivity (Wildman–Crippen MR) is 69.6 cm³/mol. The van der Waals surface area contributed by atoms with Gasteiger partial charge in [0.25, 0.3) is 0 Å². The van der Waals surface area contributed by atoms with Crippen molar-refractivity contribution in [2.45, 2.75) is 32.2 Å². The Morgan fingerprint density at radius 2 is 2.32 bits per heavy atom. The average molecular weight is 254 g/mol. The van der Waals surface area contributed by atoms with Crippen molar-refractivity contribution in [2.75, 3.05) is 0 Å². The molecule has 0 unspecified atom stereocenters. The van der Waals surface area contributed by atoms with Crippen LogP contribution in [0.2, 0.25) is 0 Å². The zero-order chi connectivity index (χ0) is 13.1. The number of nitriles is 1. The molecule has 0 spiro atoms. The lowest BCUT2D eigenvalue weighted by Gasteiger charge is -2.05. The molecule has 3 rings (SSSR count). The van der Waals surface area contributed by atoms with Gasteiger partial charge in [0.15, 0.2) is 5.82 Å². The van der Waals surface area contributed by atoms with Gasteiger partial charge in [-0.3, -0.25) is 0 Å². The zero-order valence-corrected chi connectivity index (χ0v) is 10.5. The van der Waals surface area contributed by atoms with Crippen molar-refractivity contribution >= 4 is 11.6 Å². The van der Waals surface area contributed by atoms with Crippen molar-refractivity contribution in [1.29, 1.82) is 5.26 Å². The van der Waals surface area contributed by atoms with Gasteiger partial charge in [-0.25, -0.2) is 4.98 Å². The number of aromatic nitrogens is 5. The van der Waals surface area contributed by atoms with Gasteiger partial charge in [0.1, 0.15) is 11.9 Å². The van der Waals surface area contributed by atoms with E-state index in [1.54, 1.807) is 18.6 Å². The van der Waals surface area contributed by atoms with Crippen molar-refractivity contribution in [3.05, 3.63) is 29.9 Å². The lowest BCUT2D eigenvalue weighted by atomic mass is 10.2. The number of fused-ring (bicyclic) bond motifs is 1. The normalized spacial score (nSPS) is 15.6. The second-order valence-corrected chi connectivity index (χ2v) is 4.58. The van der Waals surface area contributed by atoms with Crippen LogP contribution < -0.4 is 0 Å². The van der Waals surface area contributed by atoms with Gasteiger partial charge in [-0.05, 0) is 18.9 Å². The minimum atomic E-state index is 0.518.